The molecule has 0 amide bonds. The Bertz CT molecular complexity index is 223. The summed E-state index contributed by atoms with van der Waals surface area (Å²) in [6.45, 7) is 3.34. The first-order valence-corrected chi connectivity index (χ1v) is 3.20. The van der Waals surface area contributed by atoms with E-state index < -0.39 is 11.8 Å². The standard InChI is InChI=1S/C8H10O3/c1-3-5-6(4-2)7(9)8(10)11/h3-5H,1-2H3,(H,10,11)/b5-3-,6-4+. The predicted molar refractivity (Wildman–Crippen MR) is 41.2 cm³/mol. The molecule has 0 rings (SSSR count). The van der Waals surface area contributed by atoms with Gasteiger partial charge in [0.15, 0.2) is 0 Å². The van der Waals surface area contributed by atoms with Gasteiger partial charge in [-0.15, -0.1) is 0 Å². The van der Waals surface area contributed by atoms with Crippen LogP contribution in [0.3, 0.4) is 0 Å². The van der Waals surface area contributed by atoms with E-state index in [2.05, 4.69) is 0 Å². The van der Waals surface area contributed by atoms with E-state index in [9.17, 15) is 9.59 Å². The molecule has 0 saturated heterocycles. The fourth-order valence-electron chi connectivity index (χ4n) is 0.606. The smallest absolute Gasteiger partial charge is 0.377 e. The molecule has 60 valence electrons. The fourth-order valence-corrected chi connectivity index (χ4v) is 0.606. The Hall–Kier alpha value is -1.38. The highest BCUT2D eigenvalue weighted by atomic mass is 16.4. The SMILES string of the molecule is C/C=C\C(=C/C)C(=O)C(=O)O. The van der Waals surface area contributed by atoms with Crippen LogP contribution in [0.25, 0.3) is 0 Å². The van der Waals surface area contributed by atoms with E-state index in [1.807, 2.05) is 0 Å². The Morgan fingerprint density at radius 1 is 1.27 bits per heavy atom. The summed E-state index contributed by atoms with van der Waals surface area (Å²) in [5, 5.41) is 8.29. The summed E-state index contributed by atoms with van der Waals surface area (Å²) in [7, 11) is 0. The van der Waals surface area contributed by atoms with Crippen molar-refractivity contribution >= 4 is 11.8 Å². The van der Waals surface area contributed by atoms with Crippen LogP contribution in [-0.2, 0) is 9.59 Å². The molecule has 0 atom stereocenters. The summed E-state index contributed by atoms with van der Waals surface area (Å²) >= 11 is 0. The summed E-state index contributed by atoms with van der Waals surface area (Å²) in [5.74, 6) is -2.29. The summed E-state index contributed by atoms with van der Waals surface area (Å²) < 4.78 is 0. The molecule has 0 aliphatic carbocycles. The molecule has 0 heterocycles. The molecule has 11 heavy (non-hydrogen) atoms. The predicted octanol–water partition coefficient (Wildman–Crippen LogP) is 1.16. The molecule has 0 aliphatic heterocycles. The maximum atomic E-state index is 10.7. The van der Waals surface area contributed by atoms with Gasteiger partial charge >= 0.3 is 5.97 Å². The van der Waals surface area contributed by atoms with Crippen LogP contribution in [-0.4, -0.2) is 16.9 Å². The quantitative estimate of drug-likeness (QED) is 0.377. The number of carboxylic acids is 1. The summed E-state index contributed by atoms with van der Waals surface area (Å²) in [6, 6.07) is 0. The van der Waals surface area contributed by atoms with Gasteiger partial charge in [0, 0.05) is 5.57 Å². The molecule has 0 aliphatic rings. The summed E-state index contributed by atoms with van der Waals surface area (Å²) in [5.41, 5.74) is 0.208. The minimum atomic E-state index is -1.42. The molecule has 0 aromatic rings. The number of rotatable bonds is 3. The largest absolute Gasteiger partial charge is 0.475 e. The molecular weight excluding hydrogens is 144 g/mol. The normalized spacial score (nSPS) is 12.0. The van der Waals surface area contributed by atoms with Gasteiger partial charge in [-0.3, -0.25) is 4.79 Å². The Balaban J connectivity index is 4.55. The minimum absolute atomic E-state index is 0.208. The van der Waals surface area contributed by atoms with Crippen molar-refractivity contribution in [1.82, 2.24) is 0 Å². The second-order valence-electron chi connectivity index (χ2n) is 1.88. The zero-order chi connectivity index (χ0) is 8.85. The van der Waals surface area contributed by atoms with Crippen molar-refractivity contribution < 1.29 is 14.7 Å². The third-order valence-corrected chi connectivity index (χ3v) is 1.11. The van der Waals surface area contributed by atoms with E-state index >= 15 is 0 Å². The average molecular weight is 154 g/mol. The van der Waals surface area contributed by atoms with E-state index in [1.54, 1.807) is 19.9 Å². The Morgan fingerprint density at radius 3 is 2.09 bits per heavy atom. The lowest BCUT2D eigenvalue weighted by Gasteiger charge is -1.92. The first-order valence-electron chi connectivity index (χ1n) is 3.20. The lowest BCUT2D eigenvalue weighted by atomic mass is 10.1. The fraction of sp³-hybridized carbons (Fsp3) is 0.250. The first kappa shape index (κ1) is 9.62. The number of hydrogen-bond donors (Lipinski definition) is 1. The molecule has 0 radical (unpaired) electrons. The van der Waals surface area contributed by atoms with Crippen LogP contribution >= 0.6 is 0 Å². The molecule has 3 heteroatoms. The van der Waals surface area contributed by atoms with Crippen LogP contribution < -0.4 is 0 Å². The molecule has 0 bridgehead atoms. The Labute approximate surface area is 65.0 Å². The maximum Gasteiger partial charge on any atom is 0.377 e. The molecular formula is C8H10O3. The molecule has 0 aromatic heterocycles. The van der Waals surface area contributed by atoms with Gasteiger partial charge in [0.25, 0.3) is 5.78 Å². The highest BCUT2D eigenvalue weighted by Crippen LogP contribution is 1.98. The van der Waals surface area contributed by atoms with Gasteiger partial charge in [0.2, 0.25) is 0 Å². The number of carbonyl (C=O) groups excluding carboxylic acids is 1. The number of allylic oxidation sites excluding steroid dienone is 3. The molecule has 0 spiro atoms. The van der Waals surface area contributed by atoms with Gasteiger partial charge < -0.3 is 5.11 Å². The van der Waals surface area contributed by atoms with Gasteiger partial charge in [-0.2, -0.15) is 0 Å². The number of Topliss-reactive ketones (excluding diaryl/α,β-unsaturated/α-hetero) is 1. The second kappa shape index (κ2) is 4.44. The minimum Gasteiger partial charge on any atom is -0.475 e. The van der Waals surface area contributed by atoms with Crippen LogP contribution in [0.1, 0.15) is 13.8 Å². The molecule has 0 saturated carbocycles. The van der Waals surface area contributed by atoms with E-state index in [1.165, 1.54) is 12.2 Å². The number of ketones is 1. The van der Waals surface area contributed by atoms with Gasteiger partial charge in [-0.25, -0.2) is 4.79 Å². The summed E-state index contributed by atoms with van der Waals surface area (Å²) in [6.07, 6.45) is 4.56. The Morgan fingerprint density at radius 2 is 1.82 bits per heavy atom. The van der Waals surface area contributed by atoms with E-state index in [4.69, 9.17) is 5.11 Å². The zero-order valence-corrected chi connectivity index (χ0v) is 6.50. The molecule has 1 N–H and O–H groups in total. The molecule has 0 unspecified atom stereocenters. The monoisotopic (exact) mass is 154 g/mol. The van der Waals surface area contributed by atoms with Crippen LogP contribution in [0, 0.1) is 0 Å². The van der Waals surface area contributed by atoms with E-state index in [-0.39, 0.29) is 5.57 Å². The van der Waals surface area contributed by atoms with Crippen LogP contribution in [0.2, 0.25) is 0 Å². The third-order valence-electron chi connectivity index (χ3n) is 1.11. The van der Waals surface area contributed by atoms with Crippen molar-refractivity contribution in [2.45, 2.75) is 13.8 Å². The Kier molecular flexibility index (Phi) is 3.88. The molecule has 3 nitrogen and oxygen atoms in total. The lowest BCUT2D eigenvalue weighted by Crippen LogP contribution is -2.13. The third kappa shape index (κ3) is 2.80. The van der Waals surface area contributed by atoms with Gasteiger partial charge in [-0.05, 0) is 13.8 Å². The van der Waals surface area contributed by atoms with E-state index in [0.29, 0.717) is 0 Å². The molecule has 0 fully saturated rings. The topological polar surface area (TPSA) is 54.4 Å². The second-order valence-corrected chi connectivity index (χ2v) is 1.88. The van der Waals surface area contributed by atoms with Gasteiger partial charge in [-0.1, -0.05) is 18.2 Å². The number of hydrogen-bond acceptors (Lipinski definition) is 2. The highest BCUT2D eigenvalue weighted by Gasteiger charge is 2.13. The first-order chi connectivity index (χ1) is 5.13. The van der Waals surface area contributed by atoms with Crippen LogP contribution in [0.4, 0.5) is 0 Å². The van der Waals surface area contributed by atoms with Crippen molar-refractivity contribution in [3.63, 3.8) is 0 Å². The number of aliphatic carboxylic acids is 1. The van der Waals surface area contributed by atoms with E-state index in [0.717, 1.165) is 0 Å². The van der Waals surface area contributed by atoms with Gasteiger partial charge in [0.1, 0.15) is 0 Å². The number of carboxylic acid groups (broad SMARTS) is 1. The average Bonchev–Trinajstić information content (AvgIpc) is 1.98. The van der Waals surface area contributed by atoms with Crippen molar-refractivity contribution in [2.24, 2.45) is 0 Å². The van der Waals surface area contributed by atoms with Crippen LogP contribution in [0.5, 0.6) is 0 Å². The highest BCUT2D eigenvalue weighted by molar-refractivity contribution is 6.40. The van der Waals surface area contributed by atoms with Crippen molar-refractivity contribution in [3.8, 4) is 0 Å². The maximum absolute atomic E-state index is 10.7. The number of carbonyl (C=O) groups is 2. The van der Waals surface area contributed by atoms with Crippen molar-refractivity contribution in [3.05, 3.63) is 23.8 Å². The zero-order valence-electron chi connectivity index (χ0n) is 6.50. The van der Waals surface area contributed by atoms with Crippen molar-refractivity contribution in [2.75, 3.05) is 0 Å². The summed E-state index contributed by atoms with van der Waals surface area (Å²) in [4.78, 5) is 20.9. The lowest BCUT2D eigenvalue weighted by molar-refractivity contribution is -0.147. The van der Waals surface area contributed by atoms with Gasteiger partial charge in [0.05, 0.1) is 0 Å². The van der Waals surface area contributed by atoms with Crippen molar-refractivity contribution in [1.29, 1.82) is 0 Å². The van der Waals surface area contributed by atoms with Crippen LogP contribution in [0.15, 0.2) is 23.8 Å². The molecule has 0 aromatic carbocycles.